The van der Waals surface area contributed by atoms with Gasteiger partial charge in [-0.15, -0.1) is 0 Å². The highest BCUT2D eigenvalue weighted by molar-refractivity contribution is 7.89. The summed E-state index contributed by atoms with van der Waals surface area (Å²) < 4.78 is 26.8. The van der Waals surface area contributed by atoms with E-state index in [4.69, 9.17) is 5.11 Å². The van der Waals surface area contributed by atoms with E-state index in [-0.39, 0.29) is 16.5 Å². The maximum atomic E-state index is 12.1. The van der Waals surface area contributed by atoms with Gasteiger partial charge in [0, 0.05) is 11.6 Å². The fourth-order valence-electron chi connectivity index (χ4n) is 2.10. The molecule has 0 aromatic heterocycles. The lowest BCUT2D eigenvalue weighted by Crippen LogP contribution is -2.43. The average molecular weight is 324 g/mol. The summed E-state index contributed by atoms with van der Waals surface area (Å²) in [4.78, 5) is 23.2. The lowest BCUT2D eigenvalue weighted by atomic mass is 10.2. The van der Waals surface area contributed by atoms with E-state index in [1.54, 1.807) is 0 Å². The summed E-state index contributed by atoms with van der Waals surface area (Å²) in [5.41, 5.74) is -1.07. The minimum Gasteiger partial charge on any atom is -0.480 e. The number of carboxylic acids is 1. The number of carbonyl (C=O) groups is 2. The average Bonchev–Trinajstić information content (AvgIpc) is 3.36. The lowest BCUT2D eigenvalue weighted by molar-refractivity contribution is -0.140. The Hall–Kier alpha value is -1.93. The van der Waals surface area contributed by atoms with Crippen LogP contribution < -0.4 is 10.0 Å². The summed E-state index contributed by atoms with van der Waals surface area (Å²) >= 11 is 0. The van der Waals surface area contributed by atoms with Crippen molar-refractivity contribution in [1.82, 2.24) is 10.0 Å². The van der Waals surface area contributed by atoms with E-state index in [1.807, 2.05) is 0 Å². The summed E-state index contributed by atoms with van der Waals surface area (Å²) in [6.45, 7) is 0. The Morgan fingerprint density at radius 2 is 1.91 bits per heavy atom. The molecule has 0 bridgehead atoms. The van der Waals surface area contributed by atoms with Gasteiger partial charge in [-0.25, -0.2) is 17.9 Å². The molecular weight excluding hydrogens is 308 g/mol. The second kappa shape index (κ2) is 5.06. The van der Waals surface area contributed by atoms with Crippen molar-refractivity contribution in [1.29, 1.82) is 0 Å². The van der Waals surface area contributed by atoms with Crippen molar-refractivity contribution >= 4 is 21.9 Å². The molecule has 2 aliphatic rings. The maximum absolute atomic E-state index is 12.1. The van der Waals surface area contributed by atoms with Gasteiger partial charge in [0.25, 0.3) is 5.91 Å². The predicted molar refractivity (Wildman–Crippen MR) is 76.9 cm³/mol. The third-order valence-corrected chi connectivity index (χ3v) is 5.34. The Morgan fingerprint density at radius 1 is 1.23 bits per heavy atom. The molecule has 3 rings (SSSR count). The van der Waals surface area contributed by atoms with Gasteiger partial charge in [0.1, 0.15) is 5.54 Å². The van der Waals surface area contributed by atoms with Crippen LogP contribution in [0.15, 0.2) is 29.2 Å². The molecule has 1 amide bonds. The highest BCUT2D eigenvalue weighted by Crippen LogP contribution is 2.35. The summed E-state index contributed by atoms with van der Waals surface area (Å²) in [6, 6.07) is 5.58. The van der Waals surface area contributed by atoms with Gasteiger partial charge in [-0.1, -0.05) is 6.07 Å². The number of nitrogens with one attached hydrogen (secondary N) is 2. The molecule has 2 saturated carbocycles. The summed E-state index contributed by atoms with van der Waals surface area (Å²) in [6.07, 6.45) is 2.41. The zero-order chi connectivity index (χ0) is 16.0. The monoisotopic (exact) mass is 324 g/mol. The molecule has 2 fully saturated rings. The Labute approximate surface area is 127 Å². The van der Waals surface area contributed by atoms with Crippen molar-refractivity contribution in [2.24, 2.45) is 0 Å². The number of carboxylic acid groups (broad SMARTS) is 1. The van der Waals surface area contributed by atoms with Crippen LogP contribution in [0.25, 0.3) is 0 Å². The van der Waals surface area contributed by atoms with Crippen LogP contribution in [-0.4, -0.2) is 37.0 Å². The standard InChI is InChI=1S/C14H16N2O5S/c17-12(15-14(6-7-14)13(18)19)9-2-1-3-11(8-9)22(20,21)16-10-4-5-10/h1-3,8,10,16H,4-7H2,(H,15,17)(H,18,19). The third-order valence-electron chi connectivity index (χ3n) is 3.82. The first-order valence-corrected chi connectivity index (χ1v) is 8.49. The first kappa shape index (κ1) is 15.0. The number of carbonyl (C=O) groups excluding carboxylic acids is 1. The molecule has 0 spiro atoms. The van der Waals surface area contributed by atoms with Crippen LogP contribution in [0.1, 0.15) is 36.0 Å². The quantitative estimate of drug-likeness (QED) is 0.704. The van der Waals surface area contributed by atoms with Gasteiger partial charge in [0.05, 0.1) is 4.90 Å². The first-order chi connectivity index (χ1) is 10.3. The summed E-state index contributed by atoms with van der Waals surface area (Å²) in [5.74, 6) is -1.65. The van der Waals surface area contributed by atoms with Crippen LogP contribution in [0, 0.1) is 0 Å². The molecule has 8 heteroatoms. The molecule has 0 aliphatic heterocycles. The van der Waals surface area contributed by atoms with Crippen molar-refractivity contribution in [3.63, 3.8) is 0 Å². The molecular formula is C14H16N2O5S. The van der Waals surface area contributed by atoms with Gasteiger partial charge in [0.15, 0.2) is 0 Å². The molecule has 2 aliphatic carbocycles. The molecule has 22 heavy (non-hydrogen) atoms. The Bertz CT molecular complexity index is 735. The molecule has 3 N–H and O–H groups in total. The van der Waals surface area contributed by atoms with E-state index >= 15 is 0 Å². The number of benzene rings is 1. The normalized spacial score (nSPS) is 19.5. The largest absolute Gasteiger partial charge is 0.480 e. The second-order valence-corrected chi connectivity index (χ2v) is 7.48. The maximum Gasteiger partial charge on any atom is 0.329 e. The smallest absolute Gasteiger partial charge is 0.329 e. The van der Waals surface area contributed by atoms with E-state index in [0.717, 1.165) is 12.8 Å². The van der Waals surface area contributed by atoms with Crippen molar-refractivity contribution in [3.8, 4) is 0 Å². The number of aliphatic carboxylic acids is 1. The van der Waals surface area contributed by atoms with Gasteiger partial charge in [0.2, 0.25) is 10.0 Å². The number of hydrogen-bond acceptors (Lipinski definition) is 4. The SMILES string of the molecule is O=C(NC1(C(=O)O)CC1)c1cccc(S(=O)(=O)NC2CC2)c1. The Kier molecular flexibility index (Phi) is 3.45. The predicted octanol–water partition coefficient (Wildman–Crippen LogP) is 0.474. The number of hydrogen-bond donors (Lipinski definition) is 3. The summed E-state index contributed by atoms with van der Waals surface area (Å²) in [7, 11) is -3.64. The number of rotatable bonds is 6. The van der Waals surface area contributed by atoms with Crippen molar-refractivity contribution in [2.75, 3.05) is 0 Å². The van der Waals surface area contributed by atoms with Crippen LogP contribution >= 0.6 is 0 Å². The summed E-state index contributed by atoms with van der Waals surface area (Å²) in [5, 5.41) is 11.5. The van der Waals surface area contributed by atoms with E-state index in [9.17, 15) is 18.0 Å². The van der Waals surface area contributed by atoms with Gasteiger partial charge < -0.3 is 10.4 Å². The fourth-order valence-corrected chi connectivity index (χ4v) is 3.45. The fraction of sp³-hybridized carbons (Fsp3) is 0.429. The topological polar surface area (TPSA) is 113 Å². The van der Waals surface area contributed by atoms with Gasteiger partial charge in [-0.05, 0) is 43.9 Å². The van der Waals surface area contributed by atoms with Gasteiger partial charge >= 0.3 is 5.97 Å². The van der Waals surface area contributed by atoms with Crippen LogP contribution in [0.3, 0.4) is 0 Å². The Morgan fingerprint density at radius 3 is 2.45 bits per heavy atom. The third kappa shape index (κ3) is 2.97. The zero-order valence-electron chi connectivity index (χ0n) is 11.7. The van der Waals surface area contributed by atoms with Crippen LogP contribution in [-0.2, 0) is 14.8 Å². The molecule has 0 unspecified atom stereocenters. The molecule has 0 radical (unpaired) electrons. The second-order valence-electron chi connectivity index (χ2n) is 5.76. The van der Waals surface area contributed by atoms with Crippen LogP contribution in [0.2, 0.25) is 0 Å². The number of amides is 1. The van der Waals surface area contributed by atoms with E-state index in [2.05, 4.69) is 10.0 Å². The molecule has 1 aromatic rings. The first-order valence-electron chi connectivity index (χ1n) is 7.01. The minimum absolute atomic E-state index is 0.00669. The molecule has 118 valence electrons. The highest BCUT2D eigenvalue weighted by atomic mass is 32.2. The van der Waals surface area contributed by atoms with Crippen LogP contribution in [0.4, 0.5) is 0 Å². The van der Waals surface area contributed by atoms with Crippen molar-refractivity contribution < 1.29 is 23.1 Å². The lowest BCUT2D eigenvalue weighted by Gasteiger charge is -2.13. The van der Waals surface area contributed by atoms with Gasteiger partial charge in [-0.2, -0.15) is 0 Å². The van der Waals surface area contributed by atoms with Crippen molar-refractivity contribution in [3.05, 3.63) is 29.8 Å². The molecule has 0 atom stereocenters. The zero-order valence-corrected chi connectivity index (χ0v) is 12.5. The van der Waals surface area contributed by atoms with Crippen LogP contribution in [0.5, 0.6) is 0 Å². The van der Waals surface area contributed by atoms with Crippen molar-refractivity contribution in [2.45, 2.75) is 42.2 Å². The molecule has 7 nitrogen and oxygen atoms in total. The molecule has 1 aromatic carbocycles. The van der Waals surface area contributed by atoms with Gasteiger partial charge in [-0.3, -0.25) is 4.79 Å². The Balaban J connectivity index is 1.79. The number of sulfonamides is 1. The van der Waals surface area contributed by atoms with E-state index in [1.165, 1.54) is 24.3 Å². The minimum atomic E-state index is -3.64. The van der Waals surface area contributed by atoms with E-state index in [0.29, 0.717) is 12.8 Å². The molecule has 0 saturated heterocycles. The highest BCUT2D eigenvalue weighted by Gasteiger charge is 2.51. The molecule has 0 heterocycles. The van der Waals surface area contributed by atoms with E-state index < -0.39 is 27.4 Å².